The predicted octanol–water partition coefficient (Wildman–Crippen LogP) is 2.64. The van der Waals surface area contributed by atoms with Crippen molar-refractivity contribution in [1.29, 1.82) is 0 Å². The highest BCUT2D eigenvalue weighted by molar-refractivity contribution is 14.0. The minimum atomic E-state index is 0. The summed E-state index contributed by atoms with van der Waals surface area (Å²) >= 11 is 1.80. The summed E-state index contributed by atoms with van der Waals surface area (Å²) in [7, 11) is 0. The van der Waals surface area contributed by atoms with E-state index in [-0.39, 0.29) is 24.0 Å². The van der Waals surface area contributed by atoms with Gasteiger partial charge in [0.1, 0.15) is 0 Å². The van der Waals surface area contributed by atoms with Gasteiger partial charge in [-0.3, -0.25) is 9.89 Å². The van der Waals surface area contributed by atoms with Crippen molar-refractivity contribution in [1.82, 2.24) is 25.5 Å². The first kappa shape index (κ1) is 23.8. The Labute approximate surface area is 195 Å². The van der Waals surface area contributed by atoms with Gasteiger partial charge in [-0.2, -0.15) is 0 Å². The van der Waals surface area contributed by atoms with Crippen molar-refractivity contribution in [2.24, 2.45) is 4.99 Å². The van der Waals surface area contributed by atoms with Crippen molar-refractivity contribution in [3.8, 4) is 0 Å². The van der Waals surface area contributed by atoms with Gasteiger partial charge in [0.25, 0.3) is 0 Å². The fourth-order valence-electron chi connectivity index (χ4n) is 3.19. The zero-order valence-corrected chi connectivity index (χ0v) is 20.4. The Balaban J connectivity index is 0.00000300. The molecule has 1 fully saturated rings. The number of hydrogen-bond acceptors (Lipinski definition) is 6. The number of aromatic nitrogens is 2. The summed E-state index contributed by atoms with van der Waals surface area (Å²) in [5.74, 6) is 2.19. The zero-order chi connectivity index (χ0) is 19.6. The SMILES string of the molecule is CCNC(=NCC(C)c1cccs1)NCCN1CCN(c2ncccn2)CC1.I. The number of halogens is 1. The normalized spacial score (nSPS) is 16.2. The van der Waals surface area contributed by atoms with E-state index >= 15 is 0 Å². The molecule has 0 radical (unpaired) electrons. The van der Waals surface area contributed by atoms with E-state index in [2.05, 4.69) is 61.8 Å². The molecule has 2 aromatic rings. The van der Waals surface area contributed by atoms with Gasteiger partial charge in [0.2, 0.25) is 5.95 Å². The Hall–Kier alpha value is -1.46. The topological polar surface area (TPSA) is 68.7 Å². The van der Waals surface area contributed by atoms with Gasteiger partial charge in [-0.15, -0.1) is 35.3 Å². The first-order valence-electron chi connectivity index (χ1n) is 10.1. The Kier molecular flexibility index (Phi) is 10.6. The Morgan fingerprint density at radius 2 is 1.93 bits per heavy atom. The standard InChI is InChI=1S/C20H31N7S.HI/c1-3-21-19(25-16-17(2)18-6-4-15-28-18)22-9-10-26-11-13-27(14-12-26)20-23-7-5-8-24-20;/h4-8,15,17H,3,9-14,16H2,1-2H3,(H2,21,22,25);1H. The van der Waals surface area contributed by atoms with Crippen molar-refractivity contribution in [2.75, 3.05) is 57.3 Å². The second-order valence-electron chi connectivity index (χ2n) is 6.94. The molecule has 29 heavy (non-hydrogen) atoms. The molecule has 3 rings (SSSR count). The fourth-order valence-corrected chi connectivity index (χ4v) is 3.97. The molecule has 2 aromatic heterocycles. The van der Waals surface area contributed by atoms with Crippen LogP contribution < -0.4 is 15.5 Å². The molecule has 160 valence electrons. The number of nitrogens with zero attached hydrogens (tertiary/aromatic N) is 5. The van der Waals surface area contributed by atoms with E-state index in [1.807, 2.05) is 6.07 Å². The van der Waals surface area contributed by atoms with Crippen molar-refractivity contribution in [3.63, 3.8) is 0 Å². The zero-order valence-electron chi connectivity index (χ0n) is 17.3. The third kappa shape index (κ3) is 7.71. The van der Waals surface area contributed by atoms with Gasteiger partial charge in [-0.1, -0.05) is 13.0 Å². The van der Waals surface area contributed by atoms with Crippen molar-refractivity contribution < 1.29 is 0 Å². The molecule has 1 saturated heterocycles. The Bertz CT molecular complexity index is 703. The van der Waals surface area contributed by atoms with Crippen LogP contribution in [-0.4, -0.2) is 73.2 Å². The van der Waals surface area contributed by atoms with Crippen molar-refractivity contribution in [2.45, 2.75) is 19.8 Å². The summed E-state index contributed by atoms with van der Waals surface area (Å²) < 4.78 is 0. The van der Waals surface area contributed by atoms with Crippen LogP contribution in [0.25, 0.3) is 0 Å². The molecular weight excluding hydrogens is 497 g/mol. The lowest BCUT2D eigenvalue weighted by atomic mass is 10.1. The summed E-state index contributed by atoms with van der Waals surface area (Å²) in [6.07, 6.45) is 3.61. The molecule has 0 spiro atoms. The van der Waals surface area contributed by atoms with Gasteiger partial charge in [0.05, 0.1) is 6.54 Å². The van der Waals surface area contributed by atoms with Gasteiger partial charge < -0.3 is 15.5 Å². The highest BCUT2D eigenvalue weighted by Crippen LogP contribution is 2.20. The van der Waals surface area contributed by atoms with E-state index < -0.39 is 0 Å². The summed E-state index contributed by atoms with van der Waals surface area (Å²) in [5.41, 5.74) is 0. The van der Waals surface area contributed by atoms with Crippen LogP contribution >= 0.6 is 35.3 Å². The van der Waals surface area contributed by atoms with Gasteiger partial charge in [0, 0.05) is 69.0 Å². The molecule has 0 aliphatic carbocycles. The monoisotopic (exact) mass is 529 g/mol. The van der Waals surface area contributed by atoms with Gasteiger partial charge in [0.15, 0.2) is 5.96 Å². The van der Waals surface area contributed by atoms with Gasteiger partial charge in [-0.25, -0.2) is 9.97 Å². The molecule has 7 nitrogen and oxygen atoms in total. The lowest BCUT2D eigenvalue weighted by Crippen LogP contribution is -2.49. The number of anilines is 1. The third-order valence-corrected chi connectivity index (χ3v) is 5.93. The van der Waals surface area contributed by atoms with E-state index in [0.29, 0.717) is 5.92 Å². The first-order chi connectivity index (χ1) is 13.8. The Morgan fingerprint density at radius 1 is 1.17 bits per heavy atom. The molecule has 2 N–H and O–H groups in total. The predicted molar refractivity (Wildman–Crippen MR) is 133 cm³/mol. The minimum Gasteiger partial charge on any atom is -0.357 e. The maximum Gasteiger partial charge on any atom is 0.225 e. The molecule has 0 aromatic carbocycles. The summed E-state index contributed by atoms with van der Waals surface area (Å²) in [4.78, 5) is 19.6. The molecule has 1 aliphatic heterocycles. The highest BCUT2D eigenvalue weighted by Gasteiger charge is 2.18. The molecule has 3 heterocycles. The van der Waals surface area contributed by atoms with Crippen LogP contribution in [0.5, 0.6) is 0 Å². The van der Waals surface area contributed by atoms with Gasteiger partial charge >= 0.3 is 0 Å². The van der Waals surface area contributed by atoms with Crippen molar-refractivity contribution in [3.05, 3.63) is 40.8 Å². The molecule has 0 saturated carbocycles. The number of aliphatic imine (C=N–C) groups is 1. The average Bonchev–Trinajstić information content (AvgIpc) is 3.28. The number of nitrogens with one attached hydrogen (secondary N) is 2. The molecule has 0 bridgehead atoms. The largest absolute Gasteiger partial charge is 0.357 e. The fraction of sp³-hybridized carbons (Fsp3) is 0.550. The molecule has 0 amide bonds. The van der Waals surface area contributed by atoms with Crippen LogP contribution in [0, 0.1) is 0 Å². The number of guanidine groups is 1. The van der Waals surface area contributed by atoms with E-state index in [9.17, 15) is 0 Å². The second kappa shape index (κ2) is 13.0. The van der Waals surface area contributed by atoms with E-state index in [4.69, 9.17) is 4.99 Å². The highest BCUT2D eigenvalue weighted by atomic mass is 127. The van der Waals surface area contributed by atoms with Crippen LogP contribution in [0.15, 0.2) is 41.0 Å². The second-order valence-corrected chi connectivity index (χ2v) is 7.92. The maximum absolute atomic E-state index is 4.76. The number of thiophene rings is 1. The first-order valence-corrected chi connectivity index (χ1v) is 10.9. The van der Waals surface area contributed by atoms with Gasteiger partial charge in [-0.05, 0) is 24.4 Å². The van der Waals surface area contributed by atoms with Crippen molar-refractivity contribution >= 4 is 47.2 Å². The summed E-state index contributed by atoms with van der Waals surface area (Å²) in [6, 6.07) is 6.15. The molecule has 1 unspecified atom stereocenters. The maximum atomic E-state index is 4.76. The smallest absolute Gasteiger partial charge is 0.225 e. The van der Waals surface area contributed by atoms with E-state index in [0.717, 1.165) is 64.3 Å². The molecule has 1 atom stereocenters. The minimum absolute atomic E-state index is 0. The number of hydrogen-bond donors (Lipinski definition) is 2. The van der Waals surface area contributed by atoms with E-state index in [1.54, 1.807) is 23.7 Å². The van der Waals surface area contributed by atoms with Crippen LogP contribution in [0.3, 0.4) is 0 Å². The molecule has 1 aliphatic rings. The van der Waals surface area contributed by atoms with E-state index in [1.165, 1.54) is 4.88 Å². The summed E-state index contributed by atoms with van der Waals surface area (Å²) in [6.45, 7) is 11.9. The Morgan fingerprint density at radius 3 is 2.59 bits per heavy atom. The third-order valence-electron chi connectivity index (χ3n) is 4.82. The van der Waals surface area contributed by atoms with Crippen LogP contribution in [-0.2, 0) is 0 Å². The molecular formula is C20H32IN7S. The van der Waals surface area contributed by atoms with Crippen LogP contribution in [0.4, 0.5) is 5.95 Å². The lowest BCUT2D eigenvalue weighted by Gasteiger charge is -2.34. The number of rotatable bonds is 8. The van der Waals surface area contributed by atoms with Crippen LogP contribution in [0.2, 0.25) is 0 Å². The number of piperazine rings is 1. The quantitative estimate of drug-likeness (QED) is 0.312. The molecule has 9 heteroatoms. The lowest BCUT2D eigenvalue weighted by molar-refractivity contribution is 0.260. The van der Waals surface area contributed by atoms with Crippen LogP contribution in [0.1, 0.15) is 24.6 Å². The summed E-state index contributed by atoms with van der Waals surface area (Å²) in [5, 5.41) is 8.95. The average molecular weight is 529 g/mol.